The Balaban J connectivity index is 2.52. The Kier molecular flexibility index (Phi) is 3.49. The number of rotatable bonds is 3. The van der Waals surface area contributed by atoms with Gasteiger partial charge in [0.2, 0.25) is 0 Å². The van der Waals surface area contributed by atoms with E-state index in [1.807, 2.05) is 6.07 Å². The van der Waals surface area contributed by atoms with E-state index in [1.54, 1.807) is 12.1 Å². The van der Waals surface area contributed by atoms with E-state index in [9.17, 15) is 9.90 Å². The summed E-state index contributed by atoms with van der Waals surface area (Å²) in [6.45, 7) is 4.24. The van der Waals surface area contributed by atoms with Crippen molar-refractivity contribution < 1.29 is 9.90 Å². The Labute approximate surface area is 131 Å². The molecule has 1 heterocycles. The molecule has 108 valence electrons. The van der Waals surface area contributed by atoms with Gasteiger partial charge in [0, 0.05) is 27.7 Å². The van der Waals surface area contributed by atoms with Crippen molar-refractivity contribution in [1.82, 2.24) is 4.57 Å². The predicted molar refractivity (Wildman–Crippen MR) is 89.4 cm³/mol. The molecule has 0 unspecified atom stereocenters. The molecular weight excluding hydrogens is 330 g/mol. The SMILES string of the molecule is CC(C)n1c2cc(C(=O)O)ccc2c2c(CBr)cccc21. The summed E-state index contributed by atoms with van der Waals surface area (Å²) in [5.41, 5.74) is 3.68. The van der Waals surface area contributed by atoms with Gasteiger partial charge in [-0.1, -0.05) is 34.1 Å². The predicted octanol–water partition coefficient (Wildman–Crippen LogP) is 4.97. The minimum absolute atomic E-state index is 0.264. The van der Waals surface area contributed by atoms with Crippen LogP contribution in [0.15, 0.2) is 36.4 Å². The average molecular weight is 346 g/mol. The van der Waals surface area contributed by atoms with E-state index in [-0.39, 0.29) is 6.04 Å². The molecule has 3 nitrogen and oxygen atoms in total. The van der Waals surface area contributed by atoms with E-state index in [2.05, 4.69) is 52.5 Å². The van der Waals surface area contributed by atoms with Gasteiger partial charge in [-0.05, 0) is 37.6 Å². The largest absolute Gasteiger partial charge is 0.478 e. The van der Waals surface area contributed by atoms with Crippen LogP contribution in [0.25, 0.3) is 21.8 Å². The number of hydrogen-bond donors (Lipinski definition) is 1. The lowest BCUT2D eigenvalue weighted by atomic mass is 10.1. The number of alkyl halides is 1. The van der Waals surface area contributed by atoms with E-state index < -0.39 is 5.97 Å². The highest BCUT2D eigenvalue weighted by atomic mass is 79.9. The van der Waals surface area contributed by atoms with Gasteiger partial charge in [-0.15, -0.1) is 0 Å². The first kappa shape index (κ1) is 14.1. The molecule has 0 amide bonds. The second kappa shape index (κ2) is 5.19. The monoisotopic (exact) mass is 345 g/mol. The third kappa shape index (κ3) is 2.14. The van der Waals surface area contributed by atoms with Gasteiger partial charge >= 0.3 is 5.97 Å². The number of benzene rings is 2. The zero-order valence-electron chi connectivity index (χ0n) is 11.9. The Hall–Kier alpha value is -1.81. The molecule has 3 rings (SSSR count). The van der Waals surface area contributed by atoms with Gasteiger partial charge in [0.25, 0.3) is 0 Å². The van der Waals surface area contributed by atoms with Crippen LogP contribution in [0.3, 0.4) is 0 Å². The molecule has 1 N–H and O–H groups in total. The summed E-state index contributed by atoms with van der Waals surface area (Å²) in [5, 5.41) is 12.3. The minimum atomic E-state index is -0.891. The first-order chi connectivity index (χ1) is 10.0. The van der Waals surface area contributed by atoms with Gasteiger partial charge < -0.3 is 9.67 Å². The van der Waals surface area contributed by atoms with Gasteiger partial charge in [0.1, 0.15) is 0 Å². The van der Waals surface area contributed by atoms with Gasteiger partial charge in [0.05, 0.1) is 11.1 Å². The lowest BCUT2D eigenvalue weighted by Crippen LogP contribution is -2.01. The van der Waals surface area contributed by atoms with Crippen LogP contribution in [0, 0.1) is 0 Å². The Bertz CT molecular complexity index is 849. The topological polar surface area (TPSA) is 42.2 Å². The van der Waals surface area contributed by atoms with Crippen molar-refractivity contribution in [2.45, 2.75) is 25.2 Å². The highest BCUT2D eigenvalue weighted by molar-refractivity contribution is 9.08. The van der Waals surface area contributed by atoms with Crippen LogP contribution in [0.1, 0.15) is 35.8 Å². The second-order valence-corrected chi connectivity index (χ2v) is 6.01. The van der Waals surface area contributed by atoms with Crippen molar-refractivity contribution in [3.8, 4) is 0 Å². The standard InChI is InChI=1S/C17H16BrNO2/c1-10(2)19-14-5-3-4-12(9-18)16(14)13-7-6-11(17(20)21)8-15(13)19/h3-8,10H,9H2,1-2H3,(H,20,21). The number of aromatic nitrogens is 1. The number of carbonyl (C=O) groups is 1. The van der Waals surface area contributed by atoms with Crippen LogP contribution >= 0.6 is 15.9 Å². The molecule has 0 atom stereocenters. The summed E-state index contributed by atoms with van der Waals surface area (Å²) in [6.07, 6.45) is 0. The second-order valence-electron chi connectivity index (χ2n) is 5.45. The zero-order valence-corrected chi connectivity index (χ0v) is 13.5. The van der Waals surface area contributed by atoms with E-state index in [0.717, 1.165) is 21.7 Å². The fourth-order valence-electron chi connectivity index (χ4n) is 2.97. The van der Waals surface area contributed by atoms with Gasteiger partial charge in [0.15, 0.2) is 0 Å². The van der Waals surface area contributed by atoms with Crippen LogP contribution in [0.5, 0.6) is 0 Å². The maximum Gasteiger partial charge on any atom is 0.335 e. The van der Waals surface area contributed by atoms with E-state index >= 15 is 0 Å². The number of hydrogen-bond acceptors (Lipinski definition) is 1. The summed E-state index contributed by atoms with van der Waals surface area (Å²) >= 11 is 3.54. The average Bonchev–Trinajstić information content (AvgIpc) is 2.80. The molecule has 3 aromatic rings. The Morgan fingerprint density at radius 3 is 2.62 bits per heavy atom. The molecule has 0 radical (unpaired) electrons. The third-order valence-electron chi connectivity index (χ3n) is 3.82. The van der Waals surface area contributed by atoms with Crippen molar-refractivity contribution >= 4 is 43.7 Å². The van der Waals surface area contributed by atoms with Gasteiger partial charge in [-0.3, -0.25) is 0 Å². The van der Waals surface area contributed by atoms with Crippen molar-refractivity contribution in [2.24, 2.45) is 0 Å². The summed E-state index contributed by atoms with van der Waals surface area (Å²) in [7, 11) is 0. The normalized spacial score (nSPS) is 11.6. The number of halogens is 1. The van der Waals surface area contributed by atoms with Crippen LogP contribution < -0.4 is 0 Å². The Morgan fingerprint density at radius 1 is 1.24 bits per heavy atom. The summed E-state index contributed by atoms with van der Waals surface area (Å²) in [6, 6.07) is 11.9. The molecule has 0 aliphatic carbocycles. The third-order valence-corrected chi connectivity index (χ3v) is 4.43. The summed E-state index contributed by atoms with van der Waals surface area (Å²) in [4.78, 5) is 11.2. The van der Waals surface area contributed by atoms with Crippen molar-refractivity contribution in [3.05, 3.63) is 47.5 Å². The van der Waals surface area contributed by atoms with Gasteiger partial charge in [-0.2, -0.15) is 0 Å². The zero-order chi connectivity index (χ0) is 15.1. The molecule has 1 aromatic heterocycles. The summed E-state index contributed by atoms with van der Waals surface area (Å²) < 4.78 is 2.21. The van der Waals surface area contributed by atoms with Crippen molar-refractivity contribution in [2.75, 3.05) is 0 Å². The van der Waals surface area contributed by atoms with E-state index in [1.165, 1.54) is 10.9 Å². The Morgan fingerprint density at radius 2 is 2.00 bits per heavy atom. The molecular formula is C17H16BrNO2. The molecule has 0 saturated carbocycles. The van der Waals surface area contributed by atoms with Crippen LogP contribution in [0.4, 0.5) is 0 Å². The quantitative estimate of drug-likeness (QED) is 0.681. The molecule has 0 bridgehead atoms. The highest BCUT2D eigenvalue weighted by Crippen LogP contribution is 2.35. The summed E-state index contributed by atoms with van der Waals surface area (Å²) in [5.74, 6) is -0.891. The first-order valence-corrected chi connectivity index (χ1v) is 8.01. The fraction of sp³-hybridized carbons (Fsp3) is 0.235. The molecule has 0 fully saturated rings. The number of carboxylic acid groups (broad SMARTS) is 1. The lowest BCUT2D eigenvalue weighted by Gasteiger charge is -2.12. The number of aromatic carboxylic acids is 1. The molecule has 0 saturated heterocycles. The smallest absolute Gasteiger partial charge is 0.335 e. The van der Waals surface area contributed by atoms with Gasteiger partial charge in [-0.25, -0.2) is 4.79 Å². The minimum Gasteiger partial charge on any atom is -0.478 e. The first-order valence-electron chi connectivity index (χ1n) is 6.89. The van der Waals surface area contributed by atoms with Crippen LogP contribution in [-0.2, 0) is 5.33 Å². The van der Waals surface area contributed by atoms with Crippen molar-refractivity contribution in [3.63, 3.8) is 0 Å². The van der Waals surface area contributed by atoms with Crippen molar-refractivity contribution in [1.29, 1.82) is 0 Å². The lowest BCUT2D eigenvalue weighted by molar-refractivity contribution is 0.0697. The number of fused-ring (bicyclic) bond motifs is 3. The number of carboxylic acids is 1. The van der Waals surface area contributed by atoms with E-state index in [0.29, 0.717) is 5.56 Å². The fourth-order valence-corrected chi connectivity index (χ4v) is 3.44. The molecule has 0 spiro atoms. The maximum absolute atomic E-state index is 11.2. The van der Waals surface area contributed by atoms with Crippen LogP contribution in [-0.4, -0.2) is 15.6 Å². The molecule has 0 aliphatic heterocycles. The maximum atomic E-state index is 11.2. The highest BCUT2D eigenvalue weighted by Gasteiger charge is 2.16. The number of nitrogens with zero attached hydrogens (tertiary/aromatic N) is 1. The molecule has 21 heavy (non-hydrogen) atoms. The van der Waals surface area contributed by atoms with E-state index in [4.69, 9.17) is 0 Å². The molecule has 0 aliphatic rings. The molecule has 2 aromatic carbocycles. The molecule has 4 heteroatoms. The van der Waals surface area contributed by atoms with Crippen LogP contribution in [0.2, 0.25) is 0 Å².